The van der Waals surface area contributed by atoms with E-state index >= 15 is 0 Å². The molecule has 1 aliphatic rings. The van der Waals surface area contributed by atoms with Crippen LogP contribution in [-0.4, -0.2) is 24.3 Å². The maximum Gasteiger partial charge on any atom is 0.0462 e. The summed E-state index contributed by atoms with van der Waals surface area (Å²) in [5.74, 6) is 2.08. The first-order valence-electron chi connectivity index (χ1n) is 7.53. The number of aliphatic hydroxyl groups is 1. The monoisotopic (exact) mass is 241 g/mol. The number of aliphatic hydroxyl groups excluding tert-OH is 1. The fraction of sp³-hybridized carbons (Fsp3) is 1.00. The molecule has 4 atom stereocenters. The third-order valence-electron chi connectivity index (χ3n) is 4.64. The van der Waals surface area contributed by atoms with E-state index in [1.807, 2.05) is 0 Å². The molecule has 0 aromatic rings. The van der Waals surface area contributed by atoms with E-state index in [0.717, 1.165) is 24.8 Å². The lowest BCUT2D eigenvalue weighted by Crippen LogP contribution is -2.32. The van der Waals surface area contributed by atoms with Gasteiger partial charge in [0.2, 0.25) is 0 Å². The van der Waals surface area contributed by atoms with Gasteiger partial charge >= 0.3 is 0 Å². The first-order valence-corrected chi connectivity index (χ1v) is 7.53. The van der Waals surface area contributed by atoms with Crippen LogP contribution in [0.3, 0.4) is 0 Å². The van der Waals surface area contributed by atoms with Crippen LogP contribution in [-0.2, 0) is 0 Å². The molecular weight excluding hydrogens is 210 g/mol. The summed E-state index contributed by atoms with van der Waals surface area (Å²) in [6.45, 7) is 8.25. The predicted molar refractivity (Wildman–Crippen MR) is 74.1 cm³/mol. The Morgan fingerprint density at radius 1 is 1.29 bits per heavy atom. The van der Waals surface area contributed by atoms with Crippen LogP contribution in [0.2, 0.25) is 0 Å². The first kappa shape index (κ1) is 15.0. The minimum atomic E-state index is 0.372. The number of hydrogen-bond acceptors (Lipinski definition) is 2. The van der Waals surface area contributed by atoms with Crippen molar-refractivity contribution >= 4 is 0 Å². The third kappa shape index (κ3) is 4.97. The molecule has 4 unspecified atom stereocenters. The number of nitrogens with one attached hydrogen (secondary N) is 1. The second kappa shape index (κ2) is 8.10. The normalized spacial score (nSPS) is 28.9. The van der Waals surface area contributed by atoms with Crippen molar-refractivity contribution in [3.8, 4) is 0 Å². The zero-order valence-electron chi connectivity index (χ0n) is 11.9. The second-order valence-corrected chi connectivity index (χ2v) is 5.92. The molecular formula is C15H31NO. The topological polar surface area (TPSA) is 32.3 Å². The molecule has 0 heterocycles. The zero-order chi connectivity index (χ0) is 12.7. The van der Waals surface area contributed by atoms with Crippen LogP contribution in [0.4, 0.5) is 0 Å². The molecule has 0 aromatic carbocycles. The fourth-order valence-corrected chi connectivity index (χ4v) is 3.15. The van der Waals surface area contributed by atoms with E-state index in [2.05, 4.69) is 26.1 Å². The van der Waals surface area contributed by atoms with Crippen molar-refractivity contribution in [3.63, 3.8) is 0 Å². The van der Waals surface area contributed by atoms with E-state index in [1.54, 1.807) is 0 Å². The van der Waals surface area contributed by atoms with Gasteiger partial charge in [0.15, 0.2) is 0 Å². The molecule has 0 amide bonds. The third-order valence-corrected chi connectivity index (χ3v) is 4.64. The Bertz CT molecular complexity index is 195. The lowest BCUT2D eigenvalue weighted by Gasteiger charge is -2.34. The Morgan fingerprint density at radius 2 is 2.00 bits per heavy atom. The average molecular weight is 241 g/mol. The second-order valence-electron chi connectivity index (χ2n) is 5.92. The van der Waals surface area contributed by atoms with Crippen LogP contribution in [0.1, 0.15) is 59.3 Å². The molecule has 0 bridgehead atoms. The Morgan fingerprint density at radius 3 is 2.59 bits per heavy atom. The summed E-state index contributed by atoms with van der Waals surface area (Å²) >= 11 is 0. The largest absolute Gasteiger partial charge is 0.396 e. The highest BCUT2D eigenvalue weighted by Gasteiger charge is 2.28. The van der Waals surface area contributed by atoms with Crippen LogP contribution in [0.15, 0.2) is 0 Å². The molecule has 1 saturated carbocycles. The van der Waals surface area contributed by atoms with E-state index in [4.69, 9.17) is 0 Å². The first-order chi connectivity index (χ1) is 8.19. The molecule has 2 N–H and O–H groups in total. The average Bonchev–Trinajstić information content (AvgIpc) is 2.35. The molecule has 0 spiro atoms. The molecule has 0 aliphatic heterocycles. The SMILES string of the molecule is CCC(C)NCCC(CO)C1CCCCC1C. The van der Waals surface area contributed by atoms with E-state index in [9.17, 15) is 5.11 Å². The summed E-state index contributed by atoms with van der Waals surface area (Å²) in [4.78, 5) is 0. The van der Waals surface area contributed by atoms with Gasteiger partial charge in [0.05, 0.1) is 0 Å². The Hall–Kier alpha value is -0.0800. The van der Waals surface area contributed by atoms with Crippen molar-refractivity contribution in [1.82, 2.24) is 5.32 Å². The van der Waals surface area contributed by atoms with Crippen molar-refractivity contribution in [2.24, 2.45) is 17.8 Å². The molecule has 17 heavy (non-hydrogen) atoms. The quantitative estimate of drug-likeness (QED) is 0.717. The van der Waals surface area contributed by atoms with Gasteiger partial charge in [-0.2, -0.15) is 0 Å². The van der Waals surface area contributed by atoms with Crippen molar-refractivity contribution in [1.29, 1.82) is 0 Å². The van der Waals surface area contributed by atoms with Gasteiger partial charge in [0.1, 0.15) is 0 Å². The molecule has 0 radical (unpaired) electrons. The van der Waals surface area contributed by atoms with Crippen molar-refractivity contribution in [3.05, 3.63) is 0 Å². The maximum absolute atomic E-state index is 9.59. The molecule has 1 fully saturated rings. The summed E-state index contributed by atoms with van der Waals surface area (Å²) < 4.78 is 0. The Labute approximate surface area is 107 Å². The predicted octanol–water partition coefficient (Wildman–Crippen LogP) is 3.20. The maximum atomic E-state index is 9.59. The van der Waals surface area contributed by atoms with Gasteiger partial charge < -0.3 is 10.4 Å². The van der Waals surface area contributed by atoms with Crippen molar-refractivity contribution in [2.75, 3.05) is 13.2 Å². The number of rotatable bonds is 7. The standard InChI is InChI=1S/C15H31NO/c1-4-13(3)16-10-9-14(11-17)15-8-6-5-7-12(15)2/h12-17H,4-11H2,1-3H3. The summed E-state index contributed by atoms with van der Waals surface area (Å²) in [6.07, 6.45) is 7.76. The highest BCUT2D eigenvalue weighted by Crippen LogP contribution is 2.36. The minimum Gasteiger partial charge on any atom is -0.396 e. The fourth-order valence-electron chi connectivity index (χ4n) is 3.15. The highest BCUT2D eigenvalue weighted by atomic mass is 16.3. The molecule has 0 saturated heterocycles. The van der Waals surface area contributed by atoms with E-state index in [-0.39, 0.29) is 0 Å². The van der Waals surface area contributed by atoms with Crippen LogP contribution in [0, 0.1) is 17.8 Å². The summed E-state index contributed by atoms with van der Waals surface area (Å²) in [7, 11) is 0. The van der Waals surface area contributed by atoms with Crippen LogP contribution in [0.5, 0.6) is 0 Å². The molecule has 2 nitrogen and oxygen atoms in total. The van der Waals surface area contributed by atoms with Gasteiger partial charge in [-0.25, -0.2) is 0 Å². The van der Waals surface area contributed by atoms with E-state index < -0.39 is 0 Å². The smallest absolute Gasteiger partial charge is 0.0462 e. The number of hydrogen-bond donors (Lipinski definition) is 2. The lowest BCUT2D eigenvalue weighted by molar-refractivity contribution is 0.103. The summed E-state index contributed by atoms with van der Waals surface area (Å²) in [5, 5.41) is 13.1. The van der Waals surface area contributed by atoms with Gasteiger partial charge in [-0.15, -0.1) is 0 Å². The van der Waals surface area contributed by atoms with Gasteiger partial charge in [0, 0.05) is 12.6 Å². The van der Waals surface area contributed by atoms with Gasteiger partial charge in [-0.3, -0.25) is 0 Å². The van der Waals surface area contributed by atoms with Gasteiger partial charge in [-0.05, 0) is 50.5 Å². The van der Waals surface area contributed by atoms with Crippen LogP contribution in [0.25, 0.3) is 0 Å². The van der Waals surface area contributed by atoms with Crippen LogP contribution < -0.4 is 5.32 Å². The molecule has 1 rings (SSSR count). The molecule has 1 aliphatic carbocycles. The van der Waals surface area contributed by atoms with Crippen molar-refractivity contribution < 1.29 is 5.11 Å². The van der Waals surface area contributed by atoms with E-state index in [1.165, 1.54) is 32.1 Å². The van der Waals surface area contributed by atoms with Crippen molar-refractivity contribution in [2.45, 2.75) is 65.3 Å². The Kier molecular flexibility index (Phi) is 7.14. The van der Waals surface area contributed by atoms with E-state index in [0.29, 0.717) is 18.6 Å². The summed E-state index contributed by atoms with van der Waals surface area (Å²) in [5.41, 5.74) is 0. The Balaban J connectivity index is 2.31. The zero-order valence-corrected chi connectivity index (χ0v) is 11.9. The van der Waals surface area contributed by atoms with Gasteiger partial charge in [0.25, 0.3) is 0 Å². The lowest BCUT2D eigenvalue weighted by atomic mass is 9.72. The molecule has 102 valence electrons. The summed E-state index contributed by atoms with van der Waals surface area (Å²) in [6, 6.07) is 0.609. The minimum absolute atomic E-state index is 0.372. The molecule has 2 heteroatoms. The van der Waals surface area contributed by atoms with Gasteiger partial charge in [-0.1, -0.05) is 33.1 Å². The molecule has 0 aromatic heterocycles. The highest BCUT2D eigenvalue weighted by molar-refractivity contribution is 4.79. The van der Waals surface area contributed by atoms with Crippen LogP contribution >= 0.6 is 0 Å².